The fourth-order valence-corrected chi connectivity index (χ4v) is 1.40. The number of carbonyl (C=O) groups excluding carboxylic acids is 1. The molecule has 0 fully saturated rings. The van der Waals surface area contributed by atoms with Crippen molar-refractivity contribution < 1.29 is 28.5 Å². The third kappa shape index (κ3) is 2.98. The molecule has 1 rings (SSSR count). The fourth-order valence-electron chi connectivity index (χ4n) is 1.40. The molecule has 0 spiro atoms. The first-order chi connectivity index (χ1) is 7.99. The molecule has 2 unspecified atom stereocenters. The van der Waals surface area contributed by atoms with Gasteiger partial charge in [0.1, 0.15) is 6.10 Å². The maximum atomic E-state index is 12.6. The highest BCUT2D eigenvalue weighted by Gasteiger charge is 2.29. The molecule has 2 N–H and O–H groups in total. The average molecular weight is 246 g/mol. The van der Waals surface area contributed by atoms with Gasteiger partial charge in [0.2, 0.25) is 0 Å². The minimum atomic E-state index is -2.80. The van der Waals surface area contributed by atoms with Crippen molar-refractivity contribution in [1.29, 1.82) is 0 Å². The second kappa shape index (κ2) is 5.70. The summed E-state index contributed by atoms with van der Waals surface area (Å²) in [5, 5.41) is 19.0. The van der Waals surface area contributed by atoms with Crippen molar-refractivity contribution in [3.05, 3.63) is 35.4 Å². The molecule has 0 saturated heterocycles. The topological polar surface area (TPSA) is 66.8 Å². The Hall–Kier alpha value is -1.53. The predicted molar refractivity (Wildman–Crippen MR) is 54.4 cm³/mol. The summed E-state index contributed by atoms with van der Waals surface area (Å²) in [5.41, 5.74) is -0.622. The highest BCUT2D eigenvalue weighted by atomic mass is 19.3. The van der Waals surface area contributed by atoms with Crippen LogP contribution in [0.2, 0.25) is 0 Å². The van der Waals surface area contributed by atoms with Crippen LogP contribution in [0.1, 0.15) is 23.7 Å². The number of hydrogen-bond donors (Lipinski definition) is 2. The van der Waals surface area contributed by atoms with Gasteiger partial charge in [0.05, 0.1) is 7.11 Å². The second-order valence-corrected chi connectivity index (χ2v) is 3.34. The van der Waals surface area contributed by atoms with Gasteiger partial charge in [-0.3, -0.25) is 0 Å². The van der Waals surface area contributed by atoms with E-state index in [4.69, 9.17) is 0 Å². The summed E-state index contributed by atoms with van der Waals surface area (Å²) in [6.07, 6.45) is -6.43. The lowest BCUT2D eigenvalue weighted by atomic mass is 9.99. The molecule has 6 heteroatoms. The number of esters is 1. The molecule has 1 aromatic rings. The van der Waals surface area contributed by atoms with Gasteiger partial charge in [-0.15, -0.1) is 0 Å². The zero-order valence-electron chi connectivity index (χ0n) is 9.01. The first-order valence-corrected chi connectivity index (χ1v) is 4.80. The summed E-state index contributed by atoms with van der Waals surface area (Å²) in [5.74, 6) is -1.08. The molecule has 0 aliphatic rings. The molecule has 17 heavy (non-hydrogen) atoms. The van der Waals surface area contributed by atoms with Crippen LogP contribution < -0.4 is 0 Å². The lowest BCUT2D eigenvalue weighted by Gasteiger charge is -2.18. The van der Waals surface area contributed by atoms with Crippen LogP contribution in [-0.4, -0.2) is 29.4 Å². The summed E-state index contributed by atoms with van der Waals surface area (Å²) in [6, 6.07) is 5.14. The van der Waals surface area contributed by atoms with Gasteiger partial charge in [-0.2, -0.15) is 0 Å². The number of hydrogen-bond acceptors (Lipinski definition) is 4. The van der Waals surface area contributed by atoms with E-state index in [-0.39, 0.29) is 5.56 Å². The Morgan fingerprint density at radius 3 is 2.24 bits per heavy atom. The van der Waals surface area contributed by atoms with Crippen LogP contribution in [0.25, 0.3) is 0 Å². The van der Waals surface area contributed by atoms with Crippen LogP contribution in [0.15, 0.2) is 24.3 Å². The minimum Gasteiger partial charge on any atom is -0.467 e. The van der Waals surface area contributed by atoms with Crippen molar-refractivity contribution in [2.24, 2.45) is 0 Å². The SMILES string of the molecule is COC(=O)C(O)C(O)c1ccccc1C(F)F. The molecule has 94 valence electrons. The molecular weight excluding hydrogens is 234 g/mol. The van der Waals surface area contributed by atoms with Crippen molar-refractivity contribution in [3.63, 3.8) is 0 Å². The number of benzene rings is 1. The maximum Gasteiger partial charge on any atom is 0.337 e. The number of ether oxygens (including phenoxy) is 1. The molecule has 0 aliphatic heterocycles. The van der Waals surface area contributed by atoms with E-state index >= 15 is 0 Å². The fraction of sp³-hybridized carbons (Fsp3) is 0.364. The lowest BCUT2D eigenvalue weighted by molar-refractivity contribution is -0.156. The molecule has 2 atom stereocenters. The molecule has 0 aliphatic carbocycles. The lowest BCUT2D eigenvalue weighted by Crippen LogP contribution is -2.29. The van der Waals surface area contributed by atoms with Crippen LogP contribution in [0, 0.1) is 0 Å². The van der Waals surface area contributed by atoms with Gasteiger partial charge in [-0.25, -0.2) is 13.6 Å². The van der Waals surface area contributed by atoms with Crippen LogP contribution in [0.4, 0.5) is 8.78 Å². The van der Waals surface area contributed by atoms with Crippen molar-refractivity contribution in [2.45, 2.75) is 18.6 Å². The van der Waals surface area contributed by atoms with E-state index in [1.54, 1.807) is 0 Å². The normalized spacial score (nSPS) is 14.5. The van der Waals surface area contributed by atoms with Crippen molar-refractivity contribution in [1.82, 2.24) is 0 Å². The Morgan fingerprint density at radius 2 is 1.76 bits per heavy atom. The summed E-state index contributed by atoms with van der Waals surface area (Å²) in [7, 11) is 1.03. The standard InChI is InChI=1S/C11H12F2O4/c1-17-11(16)9(15)8(14)6-4-2-3-5-7(6)10(12)13/h2-5,8-10,14-15H,1H3. The molecule has 0 saturated carbocycles. The molecule has 1 aromatic carbocycles. The molecule has 0 amide bonds. The number of carbonyl (C=O) groups is 1. The number of alkyl halides is 2. The van der Waals surface area contributed by atoms with E-state index < -0.39 is 30.2 Å². The predicted octanol–water partition coefficient (Wildman–Crippen LogP) is 1.19. The quantitative estimate of drug-likeness (QED) is 0.783. The average Bonchev–Trinajstić information content (AvgIpc) is 2.35. The molecule has 0 bridgehead atoms. The first-order valence-electron chi connectivity index (χ1n) is 4.80. The molecule has 0 aromatic heterocycles. The third-order valence-electron chi connectivity index (χ3n) is 2.29. The van der Waals surface area contributed by atoms with Gasteiger partial charge in [0, 0.05) is 5.56 Å². The van der Waals surface area contributed by atoms with Gasteiger partial charge in [0.25, 0.3) is 6.43 Å². The Labute approximate surface area is 96.5 Å². The van der Waals surface area contributed by atoms with E-state index in [1.807, 2.05) is 0 Å². The zero-order valence-corrected chi connectivity index (χ0v) is 9.01. The van der Waals surface area contributed by atoms with Crippen molar-refractivity contribution >= 4 is 5.97 Å². The van der Waals surface area contributed by atoms with Crippen LogP contribution >= 0.6 is 0 Å². The zero-order chi connectivity index (χ0) is 13.0. The van der Waals surface area contributed by atoms with Crippen molar-refractivity contribution in [3.8, 4) is 0 Å². The van der Waals surface area contributed by atoms with Gasteiger partial charge < -0.3 is 14.9 Å². The van der Waals surface area contributed by atoms with Crippen LogP contribution in [-0.2, 0) is 9.53 Å². The largest absolute Gasteiger partial charge is 0.467 e. The third-order valence-corrected chi connectivity index (χ3v) is 2.29. The summed E-state index contributed by atoms with van der Waals surface area (Å²) in [6.45, 7) is 0. The van der Waals surface area contributed by atoms with Gasteiger partial charge >= 0.3 is 5.97 Å². The van der Waals surface area contributed by atoms with Crippen LogP contribution in [0.5, 0.6) is 0 Å². The first kappa shape index (κ1) is 13.5. The molecule has 0 heterocycles. The molecule has 4 nitrogen and oxygen atoms in total. The Balaban J connectivity index is 3.03. The number of aliphatic hydroxyl groups excluding tert-OH is 2. The highest BCUT2D eigenvalue weighted by molar-refractivity contribution is 5.75. The maximum absolute atomic E-state index is 12.6. The van der Waals surface area contributed by atoms with Gasteiger partial charge in [-0.05, 0) is 5.56 Å². The van der Waals surface area contributed by atoms with E-state index in [2.05, 4.69) is 4.74 Å². The Morgan fingerprint density at radius 1 is 1.24 bits per heavy atom. The Bertz CT molecular complexity index is 395. The smallest absolute Gasteiger partial charge is 0.337 e. The minimum absolute atomic E-state index is 0.194. The van der Waals surface area contributed by atoms with E-state index in [0.717, 1.165) is 13.2 Å². The summed E-state index contributed by atoms with van der Waals surface area (Å²) in [4.78, 5) is 11.0. The molecular formula is C11H12F2O4. The summed E-state index contributed by atoms with van der Waals surface area (Å²) < 4.78 is 29.5. The number of methoxy groups -OCH3 is 1. The van der Waals surface area contributed by atoms with Gasteiger partial charge in [-0.1, -0.05) is 24.3 Å². The molecule has 0 radical (unpaired) electrons. The number of rotatable bonds is 4. The second-order valence-electron chi connectivity index (χ2n) is 3.34. The number of halogens is 2. The number of aliphatic hydroxyl groups is 2. The highest BCUT2D eigenvalue weighted by Crippen LogP contribution is 2.29. The summed E-state index contributed by atoms with van der Waals surface area (Å²) >= 11 is 0. The van der Waals surface area contributed by atoms with Crippen LogP contribution in [0.3, 0.4) is 0 Å². The monoisotopic (exact) mass is 246 g/mol. The van der Waals surface area contributed by atoms with Crippen molar-refractivity contribution in [2.75, 3.05) is 7.11 Å². The van der Waals surface area contributed by atoms with E-state index in [9.17, 15) is 23.8 Å². The van der Waals surface area contributed by atoms with E-state index in [0.29, 0.717) is 0 Å². The Kier molecular flexibility index (Phi) is 4.53. The van der Waals surface area contributed by atoms with Gasteiger partial charge in [0.15, 0.2) is 6.10 Å². The van der Waals surface area contributed by atoms with E-state index in [1.165, 1.54) is 18.2 Å².